The van der Waals surface area contributed by atoms with Crippen molar-refractivity contribution in [2.24, 2.45) is 0 Å². The van der Waals surface area contributed by atoms with Crippen molar-refractivity contribution in [3.63, 3.8) is 0 Å². The maximum Gasteiger partial charge on any atom is 0.233 e. The molecule has 1 aliphatic rings. The molecule has 0 amide bonds. The van der Waals surface area contributed by atoms with Crippen LogP contribution in [-0.2, 0) is 0 Å². The molecule has 0 saturated heterocycles. The summed E-state index contributed by atoms with van der Waals surface area (Å²) in [4.78, 5) is 6.17. The number of rotatable bonds is 4. The minimum Gasteiger partial charge on any atom is -0.395 e. The molecule has 5 nitrogen and oxygen atoms in total. The summed E-state index contributed by atoms with van der Waals surface area (Å²) in [6.45, 7) is 0.773. The Kier molecular flexibility index (Phi) is 2.32. The van der Waals surface area contributed by atoms with E-state index in [0.717, 1.165) is 5.13 Å². The van der Waals surface area contributed by atoms with Crippen molar-refractivity contribution in [3.8, 4) is 0 Å². The lowest BCUT2D eigenvalue weighted by Crippen LogP contribution is -2.28. The maximum absolute atomic E-state index is 8.86. The first-order valence-corrected chi connectivity index (χ1v) is 5.05. The van der Waals surface area contributed by atoms with Gasteiger partial charge in [-0.05, 0) is 12.8 Å². The van der Waals surface area contributed by atoms with Crippen LogP contribution in [0, 0.1) is 0 Å². The van der Waals surface area contributed by atoms with Crippen LogP contribution >= 0.6 is 11.5 Å². The Morgan fingerprint density at radius 2 is 2.38 bits per heavy atom. The fraction of sp³-hybridized carbons (Fsp3) is 0.714. The van der Waals surface area contributed by atoms with E-state index in [1.807, 2.05) is 0 Å². The van der Waals surface area contributed by atoms with Gasteiger partial charge in [-0.25, -0.2) is 0 Å². The molecule has 1 aromatic rings. The molecule has 0 aliphatic heterocycles. The molecule has 72 valence electrons. The second kappa shape index (κ2) is 3.47. The molecular formula is C7H12N4OS. The van der Waals surface area contributed by atoms with Gasteiger partial charge in [-0.2, -0.15) is 9.36 Å². The lowest BCUT2D eigenvalue weighted by Gasteiger charge is -2.18. The molecule has 0 spiro atoms. The molecule has 0 aromatic carbocycles. The van der Waals surface area contributed by atoms with Crippen molar-refractivity contribution < 1.29 is 5.11 Å². The first kappa shape index (κ1) is 8.71. The Hall–Kier alpha value is -0.880. The Bertz CT molecular complexity index is 286. The van der Waals surface area contributed by atoms with Gasteiger partial charge in [0, 0.05) is 24.1 Å². The van der Waals surface area contributed by atoms with Crippen LogP contribution in [0.3, 0.4) is 0 Å². The fourth-order valence-corrected chi connectivity index (χ4v) is 1.97. The molecule has 1 saturated carbocycles. The van der Waals surface area contributed by atoms with Gasteiger partial charge in [0.05, 0.1) is 6.61 Å². The molecule has 13 heavy (non-hydrogen) atoms. The van der Waals surface area contributed by atoms with Crippen molar-refractivity contribution >= 4 is 22.6 Å². The van der Waals surface area contributed by atoms with E-state index >= 15 is 0 Å². The zero-order valence-corrected chi connectivity index (χ0v) is 8.00. The summed E-state index contributed by atoms with van der Waals surface area (Å²) in [6.07, 6.45) is 2.36. The number of nitrogens with two attached hydrogens (primary N) is 1. The molecule has 1 aliphatic carbocycles. The quantitative estimate of drug-likeness (QED) is 0.720. The smallest absolute Gasteiger partial charge is 0.233 e. The van der Waals surface area contributed by atoms with Gasteiger partial charge >= 0.3 is 0 Å². The molecule has 1 fully saturated rings. The number of nitrogen functional groups attached to an aromatic ring is 1. The van der Waals surface area contributed by atoms with Crippen LogP contribution in [0.2, 0.25) is 0 Å². The highest BCUT2D eigenvalue weighted by Crippen LogP contribution is 2.32. The van der Waals surface area contributed by atoms with Crippen LogP contribution in [0.4, 0.5) is 11.1 Å². The molecular weight excluding hydrogens is 188 g/mol. The van der Waals surface area contributed by atoms with Gasteiger partial charge in [0.2, 0.25) is 11.1 Å². The van der Waals surface area contributed by atoms with Gasteiger partial charge in [-0.3, -0.25) is 0 Å². The van der Waals surface area contributed by atoms with Gasteiger partial charge in [-0.1, -0.05) is 0 Å². The highest BCUT2D eigenvalue weighted by atomic mass is 32.1. The lowest BCUT2D eigenvalue weighted by atomic mass is 10.5. The summed E-state index contributed by atoms with van der Waals surface area (Å²) in [7, 11) is 0. The van der Waals surface area contributed by atoms with E-state index in [0.29, 0.717) is 18.5 Å². The molecule has 0 bridgehead atoms. The third-order valence-electron chi connectivity index (χ3n) is 2.01. The zero-order valence-electron chi connectivity index (χ0n) is 7.18. The Morgan fingerprint density at radius 3 is 2.85 bits per heavy atom. The van der Waals surface area contributed by atoms with Crippen LogP contribution in [-0.4, -0.2) is 33.7 Å². The maximum atomic E-state index is 8.86. The van der Waals surface area contributed by atoms with E-state index in [2.05, 4.69) is 14.3 Å². The summed E-state index contributed by atoms with van der Waals surface area (Å²) < 4.78 is 3.91. The Balaban J connectivity index is 2.10. The minimum absolute atomic E-state index is 0.149. The van der Waals surface area contributed by atoms with Gasteiger partial charge < -0.3 is 15.7 Å². The molecule has 0 unspecified atom stereocenters. The van der Waals surface area contributed by atoms with Crippen LogP contribution in [0.5, 0.6) is 0 Å². The highest BCUT2D eigenvalue weighted by Gasteiger charge is 2.30. The first-order valence-electron chi connectivity index (χ1n) is 4.28. The third-order valence-corrected chi connectivity index (χ3v) is 2.77. The number of hydrogen-bond donors (Lipinski definition) is 2. The number of aliphatic hydroxyl groups is 1. The number of aromatic nitrogens is 2. The molecule has 0 radical (unpaired) electrons. The minimum atomic E-state index is 0.149. The van der Waals surface area contributed by atoms with Gasteiger partial charge in [-0.15, -0.1) is 0 Å². The third kappa shape index (κ3) is 1.89. The van der Waals surface area contributed by atoms with E-state index in [1.54, 1.807) is 0 Å². The topological polar surface area (TPSA) is 75.3 Å². The predicted octanol–water partition coefficient (Wildman–Crippen LogP) is 0.0814. The zero-order chi connectivity index (χ0) is 9.26. The van der Waals surface area contributed by atoms with E-state index in [4.69, 9.17) is 10.8 Å². The monoisotopic (exact) mass is 200 g/mol. The van der Waals surface area contributed by atoms with Crippen LogP contribution in [0.1, 0.15) is 12.8 Å². The van der Waals surface area contributed by atoms with Gasteiger partial charge in [0.1, 0.15) is 0 Å². The number of aliphatic hydroxyl groups excluding tert-OH is 1. The molecule has 1 heterocycles. The number of nitrogens with zero attached hydrogens (tertiary/aromatic N) is 3. The standard InChI is InChI=1S/C7H12N4OS/c8-6-9-7(13-10-6)11(3-4-12)5-1-2-5/h5,12H,1-4H2,(H2,8,10). The van der Waals surface area contributed by atoms with Crippen molar-refractivity contribution in [1.82, 2.24) is 9.36 Å². The van der Waals surface area contributed by atoms with Crippen molar-refractivity contribution in [2.45, 2.75) is 18.9 Å². The van der Waals surface area contributed by atoms with Crippen molar-refractivity contribution in [3.05, 3.63) is 0 Å². The Labute approximate surface area is 80.4 Å². The van der Waals surface area contributed by atoms with E-state index < -0.39 is 0 Å². The summed E-state index contributed by atoms with van der Waals surface area (Å²) >= 11 is 1.29. The fourth-order valence-electron chi connectivity index (χ4n) is 1.27. The second-order valence-corrected chi connectivity index (χ2v) is 3.81. The van der Waals surface area contributed by atoms with Crippen LogP contribution in [0.25, 0.3) is 0 Å². The van der Waals surface area contributed by atoms with Gasteiger partial charge in [0.15, 0.2) is 0 Å². The molecule has 0 atom stereocenters. The lowest BCUT2D eigenvalue weighted by molar-refractivity contribution is 0.301. The summed E-state index contributed by atoms with van der Waals surface area (Å²) in [6, 6.07) is 0.541. The van der Waals surface area contributed by atoms with E-state index in [1.165, 1.54) is 24.4 Å². The van der Waals surface area contributed by atoms with Crippen LogP contribution < -0.4 is 10.6 Å². The molecule has 2 rings (SSSR count). The number of anilines is 2. The summed E-state index contributed by atoms with van der Waals surface area (Å²) in [5, 5.41) is 9.69. The molecule has 6 heteroatoms. The largest absolute Gasteiger partial charge is 0.395 e. The Morgan fingerprint density at radius 1 is 1.62 bits per heavy atom. The SMILES string of the molecule is Nc1nsc(N(CCO)C2CC2)n1. The van der Waals surface area contributed by atoms with Gasteiger partial charge in [0.25, 0.3) is 0 Å². The summed E-state index contributed by atoms with van der Waals surface area (Å²) in [5.41, 5.74) is 5.43. The first-order chi connectivity index (χ1) is 6.31. The average Bonchev–Trinajstić information content (AvgIpc) is 2.85. The second-order valence-electron chi connectivity index (χ2n) is 3.08. The summed E-state index contributed by atoms with van der Waals surface area (Å²) in [5.74, 6) is 0.323. The normalized spacial score (nSPS) is 16.1. The number of hydrogen-bond acceptors (Lipinski definition) is 6. The van der Waals surface area contributed by atoms with E-state index in [9.17, 15) is 0 Å². The average molecular weight is 200 g/mol. The van der Waals surface area contributed by atoms with E-state index in [-0.39, 0.29) is 6.61 Å². The molecule has 3 N–H and O–H groups in total. The van der Waals surface area contributed by atoms with Crippen LogP contribution in [0.15, 0.2) is 0 Å². The highest BCUT2D eigenvalue weighted by molar-refractivity contribution is 7.09. The van der Waals surface area contributed by atoms with Crippen molar-refractivity contribution in [1.29, 1.82) is 0 Å². The van der Waals surface area contributed by atoms with Crippen molar-refractivity contribution in [2.75, 3.05) is 23.8 Å². The predicted molar refractivity (Wildman–Crippen MR) is 51.8 cm³/mol. The molecule has 1 aromatic heterocycles.